The smallest absolute Gasteiger partial charge is 0.235 e. The molecule has 55 heavy (non-hydrogen) atoms. The number of fused-ring (bicyclic) bond motifs is 11. The van der Waals surface area contributed by atoms with Crippen molar-refractivity contribution in [3.63, 3.8) is 0 Å². The number of imidazole rings is 1. The fourth-order valence-corrected chi connectivity index (χ4v) is 8.59. The lowest BCUT2D eigenvalue weighted by Gasteiger charge is -2.12. The summed E-state index contributed by atoms with van der Waals surface area (Å²) in [6, 6.07) is 62.1. The molecule has 6 heteroatoms. The molecule has 0 fully saturated rings. The molecular weight excluding hydrogens is 673 g/mol. The number of nitrogens with zero attached hydrogens (tertiary/aromatic N) is 6. The number of benzene rings is 7. The number of aromatic nitrogens is 6. The topological polar surface area (TPSA) is 52.9 Å². The van der Waals surface area contributed by atoms with Crippen molar-refractivity contribution in [2.45, 2.75) is 0 Å². The van der Waals surface area contributed by atoms with Gasteiger partial charge in [-0.2, -0.15) is 0 Å². The van der Waals surface area contributed by atoms with Crippen molar-refractivity contribution in [1.82, 2.24) is 28.5 Å². The van der Waals surface area contributed by atoms with E-state index in [0.717, 1.165) is 77.5 Å². The number of hydrogen-bond donors (Lipinski definition) is 0. The Labute approximate surface area is 314 Å². The van der Waals surface area contributed by atoms with Gasteiger partial charge in [0.25, 0.3) is 0 Å². The van der Waals surface area contributed by atoms with Crippen molar-refractivity contribution in [3.8, 4) is 34.0 Å². The van der Waals surface area contributed by atoms with Gasteiger partial charge in [0.1, 0.15) is 5.52 Å². The SMILES string of the molecule is c1ccc(-c2nc(-n3c4ccc(-c5ccc6c7ccccc7n(-c7ccccc7)c6c5)cc4c4ccn5c6ccccc6nc5c43)nc3ccccc23)cc1. The summed E-state index contributed by atoms with van der Waals surface area (Å²) in [7, 11) is 0. The first kappa shape index (κ1) is 29.9. The number of rotatable bonds is 4. The molecule has 12 rings (SSSR count). The summed E-state index contributed by atoms with van der Waals surface area (Å²) in [5, 5.41) is 5.70. The van der Waals surface area contributed by atoms with Crippen LogP contribution in [0.3, 0.4) is 0 Å². The summed E-state index contributed by atoms with van der Waals surface area (Å²) in [4.78, 5) is 15.8. The Bertz CT molecular complexity index is 3480. The monoisotopic (exact) mass is 702 g/mol. The highest BCUT2D eigenvalue weighted by Crippen LogP contribution is 2.40. The molecule has 0 saturated carbocycles. The maximum Gasteiger partial charge on any atom is 0.235 e. The average Bonchev–Trinajstić information content (AvgIpc) is 3.91. The third-order valence-corrected chi connectivity index (χ3v) is 11.1. The average molecular weight is 703 g/mol. The summed E-state index contributed by atoms with van der Waals surface area (Å²) in [6.45, 7) is 0. The molecule has 5 aromatic heterocycles. The molecule has 0 N–H and O–H groups in total. The second-order valence-corrected chi connectivity index (χ2v) is 14.1. The lowest BCUT2D eigenvalue weighted by molar-refractivity contribution is 1.01. The molecule has 6 nitrogen and oxygen atoms in total. The van der Waals surface area contributed by atoms with Crippen molar-refractivity contribution in [2.24, 2.45) is 0 Å². The Balaban J connectivity index is 1.15. The third-order valence-electron chi connectivity index (χ3n) is 11.1. The minimum absolute atomic E-state index is 0.610. The minimum atomic E-state index is 0.610. The van der Waals surface area contributed by atoms with Crippen LogP contribution in [-0.2, 0) is 0 Å². The van der Waals surface area contributed by atoms with Gasteiger partial charge in [0.2, 0.25) is 5.95 Å². The molecule has 0 atom stereocenters. The summed E-state index contributed by atoms with van der Waals surface area (Å²) in [6.07, 6.45) is 2.14. The lowest BCUT2D eigenvalue weighted by atomic mass is 10.0. The minimum Gasteiger partial charge on any atom is -0.309 e. The predicted molar refractivity (Wildman–Crippen MR) is 225 cm³/mol. The standard InChI is InChI=1S/C49H30N6/c1-3-13-31(14-4-1)46-38-18-7-9-19-40(38)51-49(52-46)55-43-26-24-32(29-39(43)37-27-28-53-44-22-12-10-20-41(44)50-48(53)47(37)55)33-23-25-36-35-17-8-11-21-42(35)54(45(36)30-33)34-15-5-2-6-16-34/h1-30H. The maximum absolute atomic E-state index is 5.36. The Morgan fingerprint density at radius 3 is 1.87 bits per heavy atom. The van der Waals surface area contributed by atoms with Crippen LogP contribution in [0.1, 0.15) is 0 Å². The van der Waals surface area contributed by atoms with E-state index in [-0.39, 0.29) is 0 Å². The molecule has 5 heterocycles. The van der Waals surface area contributed by atoms with E-state index in [0.29, 0.717) is 5.95 Å². The Kier molecular flexibility index (Phi) is 6.24. The highest BCUT2D eigenvalue weighted by Gasteiger charge is 2.22. The molecule has 0 aliphatic heterocycles. The molecule has 0 saturated heterocycles. The molecule has 0 spiro atoms. The Morgan fingerprint density at radius 1 is 0.364 bits per heavy atom. The first-order valence-corrected chi connectivity index (χ1v) is 18.5. The van der Waals surface area contributed by atoms with Gasteiger partial charge in [-0.25, -0.2) is 15.0 Å². The summed E-state index contributed by atoms with van der Waals surface area (Å²) in [5.74, 6) is 0.610. The normalized spacial score (nSPS) is 12.0. The molecule has 0 aliphatic carbocycles. The second kappa shape index (κ2) is 11.5. The van der Waals surface area contributed by atoms with E-state index in [1.165, 1.54) is 21.8 Å². The van der Waals surface area contributed by atoms with Crippen LogP contribution in [0.15, 0.2) is 182 Å². The zero-order valence-electron chi connectivity index (χ0n) is 29.5. The van der Waals surface area contributed by atoms with E-state index in [9.17, 15) is 0 Å². The van der Waals surface area contributed by atoms with Crippen LogP contribution < -0.4 is 0 Å². The van der Waals surface area contributed by atoms with E-state index in [2.05, 4.69) is 177 Å². The number of pyridine rings is 1. The van der Waals surface area contributed by atoms with Crippen molar-refractivity contribution >= 4 is 71.2 Å². The van der Waals surface area contributed by atoms with Crippen molar-refractivity contribution in [1.29, 1.82) is 0 Å². The van der Waals surface area contributed by atoms with Crippen molar-refractivity contribution in [3.05, 3.63) is 182 Å². The van der Waals surface area contributed by atoms with E-state index in [4.69, 9.17) is 15.0 Å². The summed E-state index contributed by atoms with van der Waals surface area (Å²) >= 11 is 0. The van der Waals surface area contributed by atoms with Crippen LogP contribution >= 0.6 is 0 Å². The maximum atomic E-state index is 5.36. The van der Waals surface area contributed by atoms with Crippen LogP contribution in [0.4, 0.5) is 0 Å². The van der Waals surface area contributed by atoms with Gasteiger partial charge >= 0.3 is 0 Å². The van der Waals surface area contributed by atoms with E-state index in [1.807, 2.05) is 18.2 Å². The lowest BCUT2D eigenvalue weighted by Crippen LogP contribution is -2.04. The van der Waals surface area contributed by atoms with Gasteiger partial charge in [0.15, 0.2) is 5.65 Å². The van der Waals surface area contributed by atoms with Crippen LogP contribution in [0.25, 0.3) is 105 Å². The Morgan fingerprint density at radius 2 is 1.02 bits per heavy atom. The molecule has 0 aliphatic rings. The van der Waals surface area contributed by atoms with Gasteiger partial charge in [-0.15, -0.1) is 0 Å². The van der Waals surface area contributed by atoms with E-state index < -0.39 is 0 Å². The molecule has 12 aromatic rings. The van der Waals surface area contributed by atoms with E-state index in [1.54, 1.807) is 0 Å². The molecule has 256 valence electrons. The van der Waals surface area contributed by atoms with Crippen molar-refractivity contribution in [2.75, 3.05) is 0 Å². The zero-order chi connectivity index (χ0) is 36.0. The van der Waals surface area contributed by atoms with Gasteiger partial charge in [0.05, 0.1) is 38.8 Å². The molecule has 0 amide bonds. The molecule has 0 unspecified atom stereocenters. The highest BCUT2D eigenvalue weighted by atomic mass is 15.2. The van der Waals surface area contributed by atoms with Crippen LogP contribution in [-0.4, -0.2) is 28.5 Å². The van der Waals surface area contributed by atoms with Gasteiger partial charge < -0.3 is 4.57 Å². The van der Waals surface area contributed by atoms with Crippen LogP contribution in [0.5, 0.6) is 0 Å². The van der Waals surface area contributed by atoms with Crippen molar-refractivity contribution < 1.29 is 0 Å². The zero-order valence-corrected chi connectivity index (χ0v) is 29.5. The number of hydrogen-bond acceptors (Lipinski definition) is 3. The Hall–Kier alpha value is -7.57. The molecule has 0 radical (unpaired) electrons. The fraction of sp³-hybridized carbons (Fsp3) is 0. The van der Waals surface area contributed by atoms with E-state index >= 15 is 0 Å². The molecular formula is C49H30N6. The highest BCUT2D eigenvalue weighted by molar-refractivity contribution is 6.15. The fourth-order valence-electron chi connectivity index (χ4n) is 8.59. The van der Waals surface area contributed by atoms with Crippen LogP contribution in [0.2, 0.25) is 0 Å². The first-order chi connectivity index (χ1) is 27.3. The van der Waals surface area contributed by atoms with Crippen LogP contribution in [0, 0.1) is 0 Å². The van der Waals surface area contributed by atoms with Gasteiger partial charge in [0, 0.05) is 44.4 Å². The van der Waals surface area contributed by atoms with Gasteiger partial charge in [-0.3, -0.25) is 8.97 Å². The third kappa shape index (κ3) is 4.39. The number of para-hydroxylation sites is 5. The van der Waals surface area contributed by atoms with Gasteiger partial charge in [-0.1, -0.05) is 115 Å². The second-order valence-electron chi connectivity index (χ2n) is 14.1. The predicted octanol–water partition coefficient (Wildman–Crippen LogP) is 12.0. The quantitative estimate of drug-likeness (QED) is 0.183. The van der Waals surface area contributed by atoms with Gasteiger partial charge in [-0.05, 0) is 71.8 Å². The largest absolute Gasteiger partial charge is 0.309 e. The molecule has 7 aromatic carbocycles. The first-order valence-electron chi connectivity index (χ1n) is 18.5. The summed E-state index contributed by atoms with van der Waals surface area (Å²) < 4.78 is 6.77. The summed E-state index contributed by atoms with van der Waals surface area (Å²) in [5.41, 5.74) is 13.5. The molecule has 0 bridgehead atoms.